The normalized spacial score (nSPS) is 11.3. The third kappa shape index (κ3) is 2.97. The minimum atomic E-state index is -4.00. The molecule has 0 fully saturated rings. The van der Waals surface area contributed by atoms with Crippen LogP contribution in [0.1, 0.15) is 0 Å². The number of hydrogen-bond donors (Lipinski definition) is 2. The number of pyridine rings is 1. The first-order valence-electron chi connectivity index (χ1n) is 5.08. The van der Waals surface area contributed by atoms with Crippen molar-refractivity contribution in [3.05, 3.63) is 48.2 Å². The van der Waals surface area contributed by atoms with Gasteiger partial charge in [0, 0.05) is 0 Å². The molecular weight excluding hydrogens is 276 g/mol. The zero-order valence-electron chi connectivity index (χ0n) is 9.47. The van der Waals surface area contributed by atoms with Crippen LogP contribution in [0.25, 0.3) is 0 Å². The van der Waals surface area contributed by atoms with Gasteiger partial charge in [-0.25, -0.2) is 22.2 Å². The van der Waals surface area contributed by atoms with Crippen molar-refractivity contribution < 1.29 is 17.2 Å². The first kappa shape index (κ1) is 13.2. The van der Waals surface area contributed by atoms with Crippen molar-refractivity contribution in [1.82, 2.24) is 4.98 Å². The highest BCUT2D eigenvalue weighted by atomic mass is 32.2. The topological polar surface area (TPSA) is 85.1 Å². The van der Waals surface area contributed by atoms with Crippen LogP contribution in [0.4, 0.5) is 20.3 Å². The number of halogens is 2. The van der Waals surface area contributed by atoms with Crippen molar-refractivity contribution in [2.45, 2.75) is 4.90 Å². The number of anilines is 2. The Morgan fingerprint density at radius 2 is 1.89 bits per heavy atom. The van der Waals surface area contributed by atoms with Gasteiger partial charge in [-0.05, 0) is 30.3 Å². The lowest BCUT2D eigenvalue weighted by Crippen LogP contribution is -2.14. The van der Waals surface area contributed by atoms with E-state index in [2.05, 4.69) is 9.71 Å². The molecule has 0 atom stereocenters. The summed E-state index contributed by atoms with van der Waals surface area (Å²) in [6.07, 6.45) is 0.863. The largest absolute Gasteiger partial charge is 0.396 e. The van der Waals surface area contributed by atoms with Crippen molar-refractivity contribution >= 4 is 21.5 Å². The molecule has 0 amide bonds. The fourth-order valence-corrected chi connectivity index (χ4v) is 2.33. The maximum Gasteiger partial charge on any atom is 0.263 e. The lowest BCUT2D eigenvalue weighted by Gasteiger charge is -2.07. The van der Waals surface area contributed by atoms with Crippen LogP contribution in [-0.4, -0.2) is 13.4 Å². The number of hydrogen-bond acceptors (Lipinski definition) is 4. The molecule has 1 aromatic carbocycles. The smallest absolute Gasteiger partial charge is 0.263 e. The summed E-state index contributed by atoms with van der Waals surface area (Å²) in [5.74, 6) is -1.50. The van der Waals surface area contributed by atoms with Crippen molar-refractivity contribution in [2.24, 2.45) is 0 Å². The van der Waals surface area contributed by atoms with E-state index in [1.807, 2.05) is 0 Å². The van der Waals surface area contributed by atoms with Gasteiger partial charge in [-0.3, -0.25) is 4.72 Å². The van der Waals surface area contributed by atoms with Crippen molar-refractivity contribution in [3.8, 4) is 0 Å². The minimum absolute atomic E-state index is 0.0707. The maximum absolute atomic E-state index is 13.2. The van der Waals surface area contributed by atoms with E-state index in [0.717, 1.165) is 36.5 Å². The molecule has 2 aromatic rings. The molecule has 1 aromatic heterocycles. The Kier molecular flexibility index (Phi) is 3.34. The Bertz CT molecular complexity index is 702. The predicted molar refractivity (Wildman–Crippen MR) is 65.8 cm³/mol. The van der Waals surface area contributed by atoms with E-state index in [9.17, 15) is 17.2 Å². The number of rotatable bonds is 3. The average Bonchev–Trinajstić information content (AvgIpc) is 2.35. The van der Waals surface area contributed by atoms with Crippen molar-refractivity contribution in [1.29, 1.82) is 0 Å². The second-order valence-electron chi connectivity index (χ2n) is 3.65. The van der Waals surface area contributed by atoms with Crippen LogP contribution in [0.2, 0.25) is 0 Å². The summed E-state index contributed by atoms with van der Waals surface area (Å²) in [4.78, 5) is 3.24. The molecule has 100 valence electrons. The van der Waals surface area contributed by atoms with Gasteiger partial charge in [0.1, 0.15) is 17.5 Å². The molecule has 0 bridgehead atoms. The molecule has 0 radical (unpaired) electrons. The predicted octanol–water partition coefficient (Wildman–Crippen LogP) is 1.74. The zero-order chi connectivity index (χ0) is 14.0. The van der Waals surface area contributed by atoms with Gasteiger partial charge in [0.25, 0.3) is 10.0 Å². The molecule has 3 N–H and O–H groups in total. The van der Waals surface area contributed by atoms with Gasteiger partial charge in [0.05, 0.1) is 16.8 Å². The van der Waals surface area contributed by atoms with Crippen LogP contribution >= 0.6 is 0 Å². The number of nitrogens with one attached hydrogen (secondary N) is 1. The molecule has 0 spiro atoms. The van der Waals surface area contributed by atoms with Gasteiger partial charge in [0.2, 0.25) is 0 Å². The van der Waals surface area contributed by atoms with Gasteiger partial charge in [-0.1, -0.05) is 0 Å². The standard InChI is InChI=1S/C11H9F2N3O2S/c12-7-1-4-11(15-6-7)16-19(17,18)8-2-3-10(14)9(13)5-8/h1-6H,14H2,(H,15,16). The Hall–Kier alpha value is -2.22. The summed E-state index contributed by atoms with van der Waals surface area (Å²) in [6, 6.07) is 5.29. The van der Waals surface area contributed by atoms with Crippen molar-refractivity contribution in [2.75, 3.05) is 10.5 Å². The summed E-state index contributed by atoms with van der Waals surface area (Å²) >= 11 is 0. The number of sulfonamides is 1. The molecule has 0 aliphatic heterocycles. The summed E-state index contributed by atoms with van der Waals surface area (Å²) < 4.78 is 51.7. The van der Waals surface area contributed by atoms with Gasteiger partial charge in [-0.2, -0.15) is 0 Å². The second-order valence-corrected chi connectivity index (χ2v) is 5.33. The van der Waals surface area contributed by atoms with Crippen molar-refractivity contribution in [3.63, 3.8) is 0 Å². The van der Waals surface area contributed by atoms with Gasteiger partial charge in [0.15, 0.2) is 0 Å². The van der Waals surface area contributed by atoms with Crippen LogP contribution in [0.15, 0.2) is 41.4 Å². The van der Waals surface area contributed by atoms with E-state index in [1.165, 1.54) is 0 Å². The van der Waals surface area contributed by atoms with E-state index >= 15 is 0 Å². The molecule has 1 heterocycles. The lowest BCUT2D eigenvalue weighted by molar-refractivity contribution is 0.595. The maximum atomic E-state index is 13.2. The molecule has 0 aliphatic rings. The van der Waals surface area contributed by atoms with Gasteiger partial charge < -0.3 is 5.73 Å². The number of nitrogens with two attached hydrogens (primary N) is 1. The average molecular weight is 285 g/mol. The van der Waals surface area contributed by atoms with E-state index < -0.39 is 21.7 Å². The van der Waals surface area contributed by atoms with E-state index in [4.69, 9.17) is 5.73 Å². The lowest BCUT2D eigenvalue weighted by atomic mass is 10.3. The van der Waals surface area contributed by atoms with E-state index in [0.29, 0.717) is 0 Å². The van der Waals surface area contributed by atoms with Crippen LogP contribution in [0.3, 0.4) is 0 Å². The SMILES string of the molecule is Nc1ccc(S(=O)(=O)Nc2ccc(F)cn2)cc1F. The van der Waals surface area contributed by atoms with Crippen LogP contribution in [0.5, 0.6) is 0 Å². The molecule has 19 heavy (non-hydrogen) atoms. The number of aromatic nitrogens is 1. The van der Waals surface area contributed by atoms with E-state index in [1.54, 1.807) is 0 Å². The Balaban J connectivity index is 2.32. The van der Waals surface area contributed by atoms with E-state index in [-0.39, 0.29) is 16.4 Å². The van der Waals surface area contributed by atoms with Gasteiger partial charge in [-0.15, -0.1) is 0 Å². The van der Waals surface area contributed by atoms with Crippen LogP contribution in [0, 0.1) is 11.6 Å². The summed E-state index contributed by atoms with van der Waals surface area (Å²) in [5, 5.41) is 0. The minimum Gasteiger partial charge on any atom is -0.396 e. The third-order valence-corrected chi connectivity index (χ3v) is 3.60. The monoisotopic (exact) mass is 285 g/mol. The fourth-order valence-electron chi connectivity index (χ4n) is 1.31. The first-order chi connectivity index (χ1) is 8.88. The second kappa shape index (κ2) is 4.81. The molecule has 0 saturated heterocycles. The Morgan fingerprint density at radius 3 is 2.47 bits per heavy atom. The number of benzene rings is 1. The highest BCUT2D eigenvalue weighted by molar-refractivity contribution is 7.92. The Morgan fingerprint density at radius 1 is 1.16 bits per heavy atom. The third-order valence-electron chi connectivity index (χ3n) is 2.25. The molecule has 5 nitrogen and oxygen atoms in total. The Labute approximate surface area is 108 Å². The van der Waals surface area contributed by atoms with Gasteiger partial charge >= 0.3 is 0 Å². The molecule has 8 heteroatoms. The summed E-state index contributed by atoms with van der Waals surface area (Å²) in [7, 11) is -4.00. The summed E-state index contributed by atoms with van der Waals surface area (Å²) in [6.45, 7) is 0. The number of nitrogens with zero attached hydrogens (tertiary/aromatic N) is 1. The fraction of sp³-hybridized carbons (Fsp3) is 0. The summed E-state index contributed by atoms with van der Waals surface area (Å²) in [5.41, 5.74) is 5.10. The number of nitrogen functional groups attached to an aromatic ring is 1. The highest BCUT2D eigenvalue weighted by Gasteiger charge is 2.16. The quantitative estimate of drug-likeness (QED) is 0.841. The molecule has 0 aliphatic carbocycles. The molecule has 0 unspecified atom stereocenters. The van der Waals surface area contributed by atoms with Crippen LogP contribution < -0.4 is 10.5 Å². The highest BCUT2D eigenvalue weighted by Crippen LogP contribution is 2.18. The molecule has 2 rings (SSSR count). The molecule has 0 saturated carbocycles. The van der Waals surface area contributed by atoms with Crippen LogP contribution in [-0.2, 0) is 10.0 Å². The molecular formula is C11H9F2N3O2S. The first-order valence-corrected chi connectivity index (χ1v) is 6.56. The zero-order valence-corrected chi connectivity index (χ0v) is 10.3.